The van der Waals surface area contributed by atoms with Crippen molar-refractivity contribution in [2.24, 2.45) is 0 Å². The van der Waals surface area contributed by atoms with Crippen LogP contribution in [-0.4, -0.2) is 9.13 Å². The number of unbranched alkanes of at least 4 members (excludes halogenated alkanes) is 10. The Kier molecular flexibility index (Phi) is 10.9. The SMILES string of the molecule is CCCCCCCCn1c2ccccc2c2ccc(N(c3ccc(C)cc3)c3ccc4c5ccccc5n(CCCCCCCC)c4c3)cc21. The van der Waals surface area contributed by atoms with Gasteiger partial charge in [0.25, 0.3) is 0 Å². The van der Waals surface area contributed by atoms with Crippen LogP contribution in [0.4, 0.5) is 17.1 Å². The van der Waals surface area contributed by atoms with Crippen LogP contribution in [0.15, 0.2) is 109 Å². The Labute approximate surface area is 299 Å². The summed E-state index contributed by atoms with van der Waals surface area (Å²) in [6.45, 7) is 8.87. The predicted molar refractivity (Wildman–Crippen MR) is 219 cm³/mol. The van der Waals surface area contributed by atoms with Crippen LogP contribution in [0.25, 0.3) is 43.6 Å². The normalized spacial score (nSPS) is 11.8. The minimum absolute atomic E-state index is 1.05. The first-order valence-electron chi connectivity index (χ1n) is 19.6. The summed E-state index contributed by atoms with van der Waals surface area (Å²) in [6.07, 6.45) is 15.6. The molecular weight excluding hydrogens is 607 g/mol. The Balaban J connectivity index is 1.31. The summed E-state index contributed by atoms with van der Waals surface area (Å²) in [6, 6.07) is 41.3. The molecule has 2 aromatic heterocycles. The van der Waals surface area contributed by atoms with Gasteiger partial charge < -0.3 is 14.0 Å². The van der Waals surface area contributed by atoms with Crippen molar-refractivity contribution >= 4 is 60.7 Å². The molecule has 0 saturated heterocycles. The summed E-state index contributed by atoms with van der Waals surface area (Å²) >= 11 is 0. The molecule has 0 atom stereocenters. The second-order valence-electron chi connectivity index (χ2n) is 14.4. The van der Waals surface area contributed by atoms with E-state index in [1.54, 1.807) is 0 Å². The summed E-state index contributed by atoms with van der Waals surface area (Å²) in [5.74, 6) is 0. The third-order valence-corrected chi connectivity index (χ3v) is 10.8. The molecule has 0 aliphatic rings. The zero-order chi connectivity index (χ0) is 34.3. The van der Waals surface area contributed by atoms with Gasteiger partial charge in [0.2, 0.25) is 0 Å². The van der Waals surface area contributed by atoms with Crippen LogP contribution in [0.2, 0.25) is 0 Å². The lowest BCUT2D eigenvalue weighted by Crippen LogP contribution is -2.10. The van der Waals surface area contributed by atoms with E-state index in [0.717, 1.165) is 13.1 Å². The second-order valence-corrected chi connectivity index (χ2v) is 14.4. The van der Waals surface area contributed by atoms with E-state index in [1.807, 2.05) is 0 Å². The van der Waals surface area contributed by atoms with E-state index in [1.165, 1.54) is 143 Å². The Hall–Kier alpha value is -4.50. The first-order valence-corrected chi connectivity index (χ1v) is 19.6. The van der Waals surface area contributed by atoms with E-state index in [-0.39, 0.29) is 0 Å². The second kappa shape index (κ2) is 16.0. The fourth-order valence-electron chi connectivity index (χ4n) is 8.08. The fraction of sp³-hybridized carbons (Fsp3) is 0.362. The average Bonchev–Trinajstić information content (AvgIpc) is 3.63. The molecule has 0 amide bonds. The molecule has 7 aromatic rings. The molecule has 5 aromatic carbocycles. The molecule has 3 nitrogen and oxygen atoms in total. The maximum absolute atomic E-state index is 2.59. The lowest BCUT2D eigenvalue weighted by Gasteiger charge is -2.26. The van der Waals surface area contributed by atoms with Crippen molar-refractivity contribution in [3.63, 3.8) is 0 Å². The van der Waals surface area contributed by atoms with Crippen molar-refractivity contribution in [3.05, 3.63) is 115 Å². The van der Waals surface area contributed by atoms with Gasteiger partial charge in [-0.2, -0.15) is 0 Å². The van der Waals surface area contributed by atoms with Crippen molar-refractivity contribution in [2.45, 2.75) is 111 Å². The largest absolute Gasteiger partial charge is 0.340 e. The summed E-state index contributed by atoms with van der Waals surface area (Å²) in [4.78, 5) is 2.47. The first-order chi connectivity index (χ1) is 24.7. The lowest BCUT2D eigenvalue weighted by molar-refractivity contribution is 0.571. The Morgan fingerprint density at radius 3 is 1.28 bits per heavy atom. The number of anilines is 3. The Morgan fingerprint density at radius 2 is 0.800 bits per heavy atom. The Bertz CT molecular complexity index is 2030. The molecule has 7 rings (SSSR count). The number of nitrogens with zero attached hydrogens (tertiary/aromatic N) is 3. The number of hydrogen-bond donors (Lipinski definition) is 0. The van der Waals surface area contributed by atoms with Crippen LogP contribution in [0, 0.1) is 6.92 Å². The van der Waals surface area contributed by atoms with Crippen molar-refractivity contribution in [1.82, 2.24) is 9.13 Å². The van der Waals surface area contributed by atoms with E-state index < -0.39 is 0 Å². The smallest absolute Gasteiger partial charge is 0.0512 e. The zero-order valence-corrected chi connectivity index (χ0v) is 30.6. The number of rotatable bonds is 17. The Morgan fingerprint density at radius 1 is 0.400 bits per heavy atom. The van der Waals surface area contributed by atoms with Gasteiger partial charge in [-0.3, -0.25) is 0 Å². The van der Waals surface area contributed by atoms with Crippen LogP contribution in [0.3, 0.4) is 0 Å². The number of aryl methyl sites for hydroxylation is 3. The van der Waals surface area contributed by atoms with Gasteiger partial charge in [0, 0.05) is 62.7 Å². The highest BCUT2D eigenvalue weighted by Gasteiger charge is 2.19. The highest BCUT2D eigenvalue weighted by atomic mass is 15.1. The first kappa shape index (κ1) is 34.0. The quantitative estimate of drug-likeness (QED) is 0.0885. The molecule has 0 N–H and O–H groups in total. The number of benzene rings is 5. The topological polar surface area (TPSA) is 13.1 Å². The van der Waals surface area contributed by atoms with Crippen LogP contribution in [0.5, 0.6) is 0 Å². The molecule has 0 saturated carbocycles. The summed E-state index contributed by atoms with van der Waals surface area (Å²) in [5.41, 5.74) is 10.2. The fourth-order valence-corrected chi connectivity index (χ4v) is 8.08. The van der Waals surface area contributed by atoms with Crippen molar-refractivity contribution in [1.29, 1.82) is 0 Å². The van der Waals surface area contributed by atoms with Gasteiger partial charge in [-0.05, 0) is 68.3 Å². The number of para-hydroxylation sites is 2. The maximum Gasteiger partial charge on any atom is 0.0512 e. The van der Waals surface area contributed by atoms with E-state index in [9.17, 15) is 0 Å². The molecule has 0 spiro atoms. The van der Waals surface area contributed by atoms with Gasteiger partial charge in [-0.1, -0.05) is 144 Å². The molecule has 0 aliphatic heterocycles. The van der Waals surface area contributed by atoms with Crippen molar-refractivity contribution < 1.29 is 0 Å². The highest BCUT2D eigenvalue weighted by molar-refractivity contribution is 6.10. The highest BCUT2D eigenvalue weighted by Crippen LogP contribution is 2.41. The average molecular weight is 662 g/mol. The molecule has 0 aliphatic carbocycles. The third-order valence-electron chi connectivity index (χ3n) is 10.8. The van der Waals surface area contributed by atoms with E-state index in [2.05, 4.69) is 144 Å². The van der Waals surface area contributed by atoms with Gasteiger partial charge in [0.05, 0.1) is 11.0 Å². The molecule has 0 unspecified atom stereocenters. The maximum atomic E-state index is 2.59. The van der Waals surface area contributed by atoms with E-state index >= 15 is 0 Å². The van der Waals surface area contributed by atoms with Crippen LogP contribution in [0.1, 0.15) is 96.5 Å². The van der Waals surface area contributed by atoms with Crippen molar-refractivity contribution in [3.8, 4) is 0 Å². The molecule has 50 heavy (non-hydrogen) atoms. The lowest BCUT2D eigenvalue weighted by atomic mass is 10.1. The van der Waals surface area contributed by atoms with Gasteiger partial charge in [-0.15, -0.1) is 0 Å². The molecule has 0 radical (unpaired) electrons. The summed E-state index contributed by atoms with van der Waals surface area (Å²) in [5, 5.41) is 5.38. The van der Waals surface area contributed by atoms with Crippen LogP contribution >= 0.6 is 0 Å². The summed E-state index contributed by atoms with van der Waals surface area (Å²) < 4.78 is 5.17. The van der Waals surface area contributed by atoms with Gasteiger partial charge >= 0.3 is 0 Å². The van der Waals surface area contributed by atoms with Gasteiger partial charge in [0.1, 0.15) is 0 Å². The minimum atomic E-state index is 1.05. The number of hydrogen-bond acceptors (Lipinski definition) is 1. The monoisotopic (exact) mass is 661 g/mol. The predicted octanol–water partition coefficient (Wildman–Crippen LogP) is 14.4. The van der Waals surface area contributed by atoms with E-state index in [4.69, 9.17) is 0 Å². The zero-order valence-electron chi connectivity index (χ0n) is 30.6. The number of aromatic nitrogens is 2. The van der Waals surface area contributed by atoms with E-state index in [0.29, 0.717) is 0 Å². The molecule has 258 valence electrons. The summed E-state index contributed by atoms with van der Waals surface area (Å²) in [7, 11) is 0. The molecule has 2 heterocycles. The molecule has 0 fully saturated rings. The van der Waals surface area contributed by atoms with Gasteiger partial charge in [0.15, 0.2) is 0 Å². The number of fused-ring (bicyclic) bond motifs is 6. The third kappa shape index (κ3) is 7.06. The standard InChI is InChI=1S/C47H55N3/c1-4-6-8-10-12-18-32-48-44-22-16-14-20-40(44)42-30-28-38(34-46(42)48)50(37-26-24-36(3)25-27-37)39-29-31-43-41-21-15-17-23-45(41)49(47(43)35-39)33-19-13-11-9-7-5-2/h14-17,20-31,34-35H,4-13,18-19,32-33H2,1-3H3. The molecular formula is C47H55N3. The molecule has 0 bridgehead atoms. The minimum Gasteiger partial charge on any atom is -0.340 e. The van der Waals surface area contributed by atoms with Crippen LogP contribution < -0.4 is 4.90 Å². The van der Waals surface area contributed by atoms with Crippen molar-refractivity contribution in [2.75, 3.05) is 4.90 Å². The van der Waals surface area contributed by atoms with Gasteiger partial charge in [-0.25, -0.2) is 0 Å². The molecule has 3 heteroatoms. The van der Waals surface area contributed by atoms with Crippen LogP contribution in [-0.2, 0) is 13.1 Å².